The molecular weight excluding hydrogens is 236 g/mol. The lowest BCUT2D eigenvalue weighted by Gasteiger charge is -2.05. The number of aliphatic carboxylic acids is 1. The Hall–Kier alpha value is -2.50. The van der Waals surface area contributed by atoms with Crippen LogP contribution in [-0.2, 0) is 11.3 Å². The Balaban J connectivity index is 2.20. The third kappa shape index (κ3) is 2.60. The normalized spacial score (nSPS) is 10.3. The smallest absolute Gasteiger partial charge is 0.325 e. The molecule has 1 aromatic carbocycles. The number of hydrogen-bond acceptors (Lipinski definition) is 4. The fraction of sp³-hybridized carbons (Fsp3) is 0.167. The molecule has 0 aliphatic rings. The fourth-order valence-corrected chi connectivity index (χ4v) is 1.49. The summed E-state index contributed by atoms with van der Waals surface area (Å²) in [5.74, 6) is 0.0583. The minimum atomic E-state index is -0.967. The van der Waals surface area contributed by atoms with Crippen LogP contribution in [-0.4, -0.2) is 26.0 Å². The molecule has 2 aromatic rings. The van der Waals surface area contributed by atoms with Crippen LogP contribution in [0.3, 0.4) is 0 Å². The fourth-order valence-electron chi connectivity index (χ4n) is 1.49. The molecule has 0 bridgehead atoms. The molecule has 2 N–H and O–H groups in total. The van der Waals surface area contributed by atoms with Gasteiger partial charge in [0.1, 0.15) is 18.0 Å². The van der Waals surface area contributed by atoms with Gasteiger partial charge in [0.05, 0.1) is 11.9 Å². The Morgan fingerprint density at radius 2 is 2.28 bits per heavy atom. The number of carbonyl (C=O) groups is 1. The van der Waals surface area contributed by atoms with E-state index in [4.69, 9.17) is 9.84 Å². The van der Waals surface area contributed by atoms with Gasteiger partial charge in [0.2, 0.25) is 0 Å². The molecule has 0 amide bonds. The number of carboxylic acids is 1. The summed E-state index contributed by atoms with van der Waals surface area (Å²) in [5.41, 5.74) is 0.612. The van der Waals surface area contributed by atoms with Gasteiger partial charge in [-0.15, -0.1) is 0 Å². The lowest BCUT2D eigenvalue weighted by Crippen LogP contribution is -2.11. The molecule has 0 atom stereocenters. The predicted octanol–water partition coefficient (Wildman–Crippen LogP) is 1.77. The second-order valence-corrected chi connectivity index (χ2v) is 3.75. The van der Waals surface area contributed by atoms with E-state index in [1.165, 1.54) is 23.0 Å². The quantitative estimate of drug-likeness (QED) is 0.861. The van der Waals surface area contributed by atoms with E-state index in [1.54, 1.807) is 19.1 Å². The van der Waals surface area contributed by atoms with Gasteiger partial charge in [-0.25, -0.2) is 0 Å². The molecule has 18 heavy (non-hydrogen) atoms. The van der Waals surface area contributed by atoms with Gasteiger partial charge < -0.3 is 14.9 Å². The standard InChI is InChI=1S/C12H12N2O4/c1-8-11(6-13-14(8)7-12(16)17)18-10-4-2-3-9(15)5-10/h2-6,15H,7H2,1H3,(H,16,17). The predicted molar refractivity (Wildman–Crippen MR) is 62.8 cm³/mol. The number of phenols is 1. The topological polar surface area (TPSA) is 84.6 Å². The molecule has 6 heteroatoms. The van der Waals surface area contributed by atoms with Crippen molar-refractivity contribution < 1.29 is 19.7 Å². The van der Waals surface area contributed by atoms with Crippen LogP contribution in [0, 0.1) is 6.92 Å². The number of aromatic nitrogens is 2. The summed E-state index contributed by atoms with van der Waals surface area (Å²) in [5, 5.41) is 21.9. The zero-order valence-electron chi connectivity index (χ0n) is 9.70. The number of ether oxygens (including phenoxy) is 1. The Labute approximate surface area is 103 Å². The van der Waals surface area contributed by atoms with Crippen LogP contribution in [0.4, 0.5) is 0 Å². The number of rotatable bonds is 4. The second-order valence-electron chi connectivity index (χ2n) is 3.75. The van der Waals surface area contributed by atoms with E-state index in [0.29, 0.717) is 17.2 Å². The molecule has 0 unspecified atom stereocenters. The zero-order chi connectivity index (χ0) is 13.1. The third-order valence-corrected chi connectivity index (χ3v) is 2.39. The molecule has 1 heterocycles. The molecule has 0 fully saturated rings. The largest absolute Gasteiger partial charge is 0.508 e. The van der Waals surface area contributed by atoms with Gasteiger partial charge in [-0.1, -0.05) is 6.07 Å². The van der Waals surface area contributed by atoms with E-state index < -0.39 is 5.97 Å². The molecular formula is C12H12N2O4. The van der Waals surface area contributed by atoms with Crippen molar-refractivity contribution in [2.24, 2.45) is 0 Å². The number of carboxylic acid groups (broad SMARTS) is 1. The number of hydrogen-bond donors (Lipinski definition) is 2. The Kier molecular flexibility index (Phi) is 3.18. The van der Waals surface area contributed by atoms with Crippen LogP contribution in [0.1, 0.15) is 5.69 Å². The Morgan fingerprint density at radius 1 is 1.50 bits per heavy atom. The molecule has 1 aromatic heterocycles. The van der Waals surface area contributed by atoms with Crippen LogP contribution in [0.25, 0.3) is 0 Å². The first-order valence-electron chi connectivity index (χ1n) is 5.27. The van der Waals surface area contributed by atoms with Crippen LogP contribution in [0.2, 0.25) is 0 Å². The highest BCUT2D eigenvalue weighted by molar-refractivity contribution is 5.66. The average molecular weight is 248 g/mol. The minimum absolute atomic E-state index is 0.100. The molecule has 0 radical (unpaired) electrons. The van der Waals surface area contributed by atoms with E-state index >= 15 is 0 Å². The van der Waals surface area contributed by atoms with Gasteiger partial charge in [-0.3, -0.25) is 9.48 Å². The Morgan fingerprint density at radius 3 is 2.94 bits per heavy atom. The van der Waals surface area contributed by atoms with Gasteiger partial charge in [0.25, 0.3) is 0 Å². The first-order chi connectivity index (χ1) is 8.56. The van der Waals surface area contributed by atoms with Crippen molar-refractivity contribution in [2.75, 3.05) is 0 Å². The summed E-state index contributed by atoms with van der Waals surface area (Å²) in [7, 11) is 0. The van der Waals surface area contributed by atoms with Crippen molar-refractivity contribution in [1.82, 2.24) is 9.78 Å². The van der Waals surface area contributed by atoms with Crippen LogP contribution < -0.4 is 4.74 Å². The van der Waals surface area contributed by atoms with Crippen LogP contribution in [0.5, 0.6) is 17.2 Å². The summed E-state index contributed by atoms with van der Waals surface area (Å²) >= 11 is 0. The summed E-state index contributed by atoms with van der Waals surface area (Å²) in [6, 6.07) is 6.34. The molecule has 0 aliphatic heterocycles. The highest BCUT2D eigenvalue weighted by Gasteiger charge is 2.11. The van der Waals surface area contributed by atoms with Crippen LogP contribution in [0.15, 0.2) is 30.5 Å². The summed E-state index contributed by atoms with van der Waals surface area (Å²) in [4.78, 5) is 10.6. The minimum Gasteiger partial charge on any atom is -0.508 e. The average Bonchev–Trinajstić information content (AvgIpc) is 2.61. The van der Waals surface area contributed by atoms with E-state index in [1.807, 2.05) is 0 Å². The highest BCUT2D eigenvalue weighted by atomic mass is 16.5. The summed E-state index contributed by atoms with van der Waals surface area (Å²) < 4.78 is 6.85. The van der Waals surface area contributed by atoms with Gasteiger partial charge in [0.15, 0.2) is 5.75 Å². The van der Waals surface area contributed by atoms with E-state index in [2.05, 4.69) is 5.10 Å². The van der Waals surface area contributed by atoms with Crippen molar-refractivity contribution in [2.45, 2.75) is 13.5 Å². The molecule has 94 valence electrons. The number of nitrogens with zero attached hydrogens (tertiary/aromatic N) is 2. The van der Waals surface area contributed by atoms with Gasteiger partial charge >= 0.3 is 5.97 Å². The van der Waals surface area contributed by atoms with E-state index in [9.17, 15) is 9.90 Å². The van der Waals surface area contributed by atoms with Crippen molar-refractivity contribution in [3.05, 3.63) is 36.2 Å². The van der Waals surface area contributed by atoms with Crippen molar-refractivity contribution in [3.8, 4) is 17.2 Å². The molecule has 0 spiro atoms. The van der Waals surface area contributed by atoms with Gasteiger partial charge in [-0.05, 0) is 19.1 Å². The monoisotopic (exact) mass is 248 g/mol. The lowest BCUT2D eigenvalue weighted by molar-refractivity contribution is -0.137. The molecule has 0 saturated carbocycles. The first-order valence-corrected chi connectivity index (χ1v) is 5.27. The maximum atomic E-state index is 10.6. The van der Waals surface area contributed by atoms with Crippen molar-refractivity contribution in [1.29, 1.82) is 0 Å². The maximum Gasteiger partial charge on any atom is 0.325 e. The Bertz CT molecular complexity index is 577. The molecule has 2 rings (SSSR count). The van der Waals surface area contributed by atoms with Gasteiger partial charge in [0, 0.05) is 6.07 Å². The van der Waals surface area contributed by atoms with E-state index in [-0.39, 0.29) is 12.3 Å². The molecule has 0 aliphatic carbocycles. The van der Waals surface area contributed by atoms with Crippen LogP contribution >= 0.6 is 0 Å². The lowest BCUT2D eigenvalue weighted by atomic mass is 10.3. The number of aromatic hydroxyl groups is 1. The van der Waals surface area contributed by atoms with Crippen molar-refractivity contribution >= 4 is 5.97 Å². The maximum absolute atomic E-state index is 10.6. The number of phenolic OH excluding ortho intramolecular Hbond substituents is 1. The third-order valence-electron chi connectivity index (χ3n) is 2.39. The summed E-state index contributed by atoms with van der Waals surface area (Å²) in [6.45, 7) is 1.50. The zero-order valence-corrected chi connectivity index (χ0v) is 9.70. The highest BCUT2D eigenvalue weighted by Crippen LogP contribution is 2.26. The summed E-state index contributed by atoms with van der Waals surface area (Å²) in [6.07, 6.45) is 1.45. The second kappa shape index (κ2) is 4.79. The molecule has 6 nitrogen and oxygen atoms in total. The van der Waals surface area contributed by atoms with Gasteiger partial charge in [-0.2, -0.15) is 5.10 Å². The first kappa shape index (κ1) is 12.0. The van der Waals surface area contributed by atoms with Crippen molar-refractivity contribution in [3.63, 3.8) is 0 Å². The van der Waals surface area contributed by atoms with E-state index in [0.717, 1.165) is 0 Å². The number of benzene rings is 1. The molecule has 0 saturated heterocycles. The SMILES string of the molecule is Cc1c(Oc2cccc(O)c2)cnn1CC(=O)O.